The molecule has 0 aromatic heterocycles. The molecular weight excluding hydrogens is 769 g/mol. The molecule has 0 bridgehead atoms. The van der Waals surface area contributed by atoms with Crippen LogP contribution in [0.1, 0.15) is 82.8 Å². The van der Waals surface area contributed by atoms with Gasteiger partial charge in [0.25, 0.3) is 0 Å². The number of nitrogens with zero attached hydrogens (tertiary/aromatic N) is 2. The number of amides is 1. The molecule has 1 fully saturated rings. The predicted molar refractivity (Wildman–Crippen MR) is 239 cm³/mol. The second-order valence-corrected chi connectivity index (χ2v) is 17.6. The number of rotatable bonds is 18. The van der Waals surface area contributed by atoms with Crippen LogP contribution in [0.2, 0.25) is 0 Å². The number of aliphatic hydroxyl groups excluding tert-OH is 2. The van der Waals surface area contributed by atoms with E-state index in [2.05, 4.69) is 43.0 Å². The van der Waals surface area contributed by atoms with Gasteiger partial charge in [-0.2, -0.15) is 0 Å². The molecule has 10 heteroatoms. The lowest BCUT2D eigenvalue weighted by Gasteiger charge is -2.59. The molecule has 0 saturated heterocycles. The van der Waals surface area contributed by atoms with Crippen molar-refractivity contribution >= 4 is 22.4 Å². The molecule has 6 atom stereocenters. The fraction of sp³-hybridized carbons (Fsp3) is 0.451. The SMILES string of the molecule is C=CCOC12Oc3ccc(Oc4ccc5ccccc5c4)cc3C3C(CCCCO)C(CCCCO)C=C(C(=NOC(C)(C)C)CC1N(C)C(=O)Cc1cccc(OC)c1)C32. The Hall–Kier alpha value is -5.16. The number of carbonyl (C=O) groups excluding carboxylic acids is 1. The first-order valence-corrected chi connectivity index (χ1v) is 21.8. The van der Waals surface area contributed by atoms with Crippen LogP contribution >= 0.6 is 0 Å². The van der Waals surface area contributed by atoms with Gasteiger partial charge in [-0.05, 0) is 123 Å². The molecule has 2 N–H and O–H groups in total. The Labute approximate surface area is 360 Å². The van der Waals surface area contributed by atoms with Gasteiger partial charge in [-0.1, -0.05) is 72.6 Å². The minimum absolute atomic E-state index is 0.0885. The Morgan fingerprint density at radius 1 is 0.918 bits per heavy atom. The van der Waals surface area contributed by atoms with E-state index in [0.29, 0.717) is 36.5 Å². The number of hydrogen-bond donors (Lipinski definition) is 2. The highest BCUT2D eigenvalue weighted by Gasteiger charge is 2.65. The maximum absolute atomic E-state index is 14.6. The summed E-state index contributed by atoms with van der Waals surface area (Å²) in [4.78, 5) is 22.6. The van der Waals surface area contributed by atoms with Gasteiger partial charge in [-0.15, -0.1) is 6.58 Å². The van der Waals surface area contributed by atoms with Crippen LogP contribution in [0.4, 0.5) is 0 Å². The van der Waals surface area contributed by atoms with E-state index in [1.807, 2.05) is 82.4 Å². The third kappa shape index (κ3) is 9.67. The van der Waals surface area contributed by atoms with Crippen LogP contribution in [-0.2, 0) is 20.8 Å². The summed E-state index contributed by atoms with van der Waals surface area (Å²) in [6.45, 7) is 10.4. The summed E-state index contributed by atoms with van der Waals surface area (Å²) in [5, 5.41) is 27.0. The molecule has 0 spiro atoms. The second-order valence-electron chi connectivity index (χ2n) is 17.6. The zero-order valence-corrected chi connectivity index (χ0v) is 36.3. The summed E-state index contributed by atoms with van der Waals surface area (Å²) in [5.41, 5.74) is 3.00. The number of fused-ring (bicyclic) bond motifs is 3. The number of methoxy groups -OCH3 is 1. The van der Waals surface area contributed by atoms with Gasteiger partial charge < -0.3 is 38.9 Å². The molecule has 1 saturated carbocycles. The van der Waals surface area contributed by atoms with Gasteiger partial charge in [0, 0.05) is 38.2 Å². The number of benzene rings is 4. The van der Waals surface area contributed by atoms with Gasteiger partial charge in [-0.25, -0.2) is 0 Å². The van der Waals surface area contributed by atoms with Crippen molar-refractivity contribution in [1.82, 2.24) is 4.90 Å². The van der Waals surface area contributed by atoms with E-state index in [-0.39, 0.29) is 49.9 Å². The molecule has 0 radical (unpaired) electrons. The van der Waals surface area contributed by atoms with Crippen molar-refractivity contribution in [3.05, 3.63) is 120 Å². The van der Waals surface area contributed by atoms with Crippen molar-refractivity contribution in [3.8, 4) is 23.0 Å². The predicted octanol–water partition coefficient (Wildman–Crippen LogP) is 9.77. The monoisotopic (exact) mass is 830 g/mol. The first kappa shape index (κ1) is 43.9. The molecule has 324 valence electrons. The average molecular weight is 831 g/mol. The van der Waals surface area contributed by atoms with Crippen LogP contribution in [0.25, 0.3) is 10.8 Å². The molecule has 7 rings (SSSR count). The van der Waals surface area contributed by atoms with Crippen LogP contribution in [0.5, 0.6) is 23.0 Å². The lowest BCUT2D eigenvalue weighted by molar-refractivity contribution is -0.255. The van der Waals surface area contributed by atoms with Crippen LogP contribution in [0.3, 0.4) is 0 Å². The van der Waals surface area contributed by atoms with E-state index in [9.17, 15) is 15.0 Å². The topological polar surface area (TPSA) is 119 Å². The number of oxime groups is 1. The summed E-state index contributed by atoms with van der Waals surface area (Å²) in [5.74, 6) is 0.923. The molecule has 4 aromatic carbocycles. The van der Waals surface area contributed by atoms with Gasteiger partial charge in [0.1, 0.15) is 34.6 Å². The molecule has 1 heterocycles. The molecule has 1 amide bonds. The number of carbonyl (C=O) groups is 1. The number of likely N-dealkylation sites (N-methyl/N-ethyl adjacent to an activating group) is 1. The van der Waals surface area contributed by atoms with Gasteiger partial charge in [-0.3, -0.25) is 4.79 Å². The van der Waals surface area contributed by atoms with Crippen LogP contribution in [-0.4, -0.2) is 78.1 Å². The summed E-state index contributed by atoms with van der Waals surface area (Å²) < 4.78 is 26.5. The first-order chi connectivity index (χ1) is 29.5. The lowest BCUT2D eigenvalue weighted by Crippen LogP contribution is -2.69. The summed E-state index contributed by atoms with van der Waals surface area (Å²) in [7, 11) is 3.45. The van der Waals surface area contributed by atoms with Gasteiger partial charge in [0.2, 0.25) is 11.7 Å². The van der Waals surface area contributed by atoms with Crippen molar-refractivity contribution in [2.24, 2.45) is 22.9 Å². The largest absolute Gasteiger partial charge is 0.497 e. The third-order valence-corrected chi connectivity index (χ3v) is 12.4. The molecule has 61 heavy (non-hydrogen) atoms. The van der Waals surface area contributed by atoms with E-state index in [1.165, 1.54) is 0 Å². The highest BCUT2D eigenvalue weighted by Crippen LogP contribution is 2.62. The molecule has 1 aliphatic heterocycles. The number of ether oxygens (including phenoxy) is 4. The average Bonchev–Trinajstić information content (AvgIpc) is 3.25. The molecule has 4 aromatic rings. The quantitative estimate of drug-likeness (QED) is 0.0578. The zero-order valence-electron chi connectivity index (χ0n) is 36.3. The second kappa shape index (κ2) is 19.3. The standard InChI is InChI=1S/C51H62N2O8/c1-7-27-58-51-46(53(5)47(56)29-34-15-14-19-38(28-34)57-6)33-44(52-61-50(2,3)4)42-31-37(18-10-12-25-54)41(20-11-13-26-55)48(49(42)51)43-32-40(23-24-45(43)60-51)59-39-22-21-35-16-8-9-17-36(35)30-39/h7-9,14-17,19,21-24,28,30-32,37,41,46,48-49,54-55H,1,10-13,18,20,25-27,29,33H2,2-6H3. The summed E-state index contributed by atoms with van der Waals surface area (Å²) in [6, 6.07) is 27.3. The smallest absolute Gasteiger partial charge is 0.239 e. The minimum atomic E-state index is -1.34. The van der Waals surface area contributed by atoms with E-state index in [0.717, 1.165) is 64.6 Å². The highest BCUT2D eigenvalue weighted by molar-refractivity contribution is 6.03. The van der Waals surface area contributed by atoms with E-state index < -0.39 is 23.3 Å². The highest BCUT2D eigenvalue weighted by atomic mass is 16.7. The Kier molecular flexibility index (Phi) is 13.9. The first-order valence-electron chi connectivity index (χ1n) is 21.8. The number of allylic oxidation sites excluding steroid dienone is 1. The van der Waals surface area contributed by atoms with Crippen LogP contribution in [0.15, 0.2) is 114 Å². The summed E-state index contributed by atoms with van der Waals surface area (Å²) in [6.07, 6.45) is 9.29. The maximum Gasteiger partial charge on any atom is 0.239 e. The molecular formula is C51H62N2O8. The maximum atomic E-state index is 14.6. The normalized spacial score (nSPS) is 23.6. The fourth-order valence-corrected chi connectivity index (χ4v) is 9.61. The fourth-order valence-electron chi connectivity index (χ4n) is 9.61. The van der Waals surface area contributed by atoms with Crippen LogP contribution < -0.4 is 14.2 Å². The minimum Gasteiger partial charge on any atom is -0.497 e. The molecule has 3 aliphatic rings. The van der Waals surface area contributed by atoms with Crippen molar-refractivity contribution in [2.75, 3.05) is 34.0 Å². The van der Waals surface area contributed by atoms with Gasteiger partial charge in [0.05, 0.1) is 31.8 Å². The third-order valence-electron chi connectivity index (χ3n) is 12.4. The molecule has 2 aliphatic carbocycles. The number of aliphatic hydroxyl groups is 2. The Morgan fingerprint density at radius 3 is 2.39 bits per heavy atom. The van der Waals surface area contributed by atoms with Gasteiger partial charge in [0.15, 0.2) is 0 Å². The van der Waals surface area contributed by atoms with Crippen LogP contribution in [0, 0.1) is 17.8 Å². The van der Waals surface area contributed by atoms with E-state index in [1.54, 1.807) is 18.1 Å². The molecule has 6 unspecified atom stereocenters. The van der Waals surface area contributed by atoms with Crippen molar-refractivity contribution < 1.29 is 38.8 Å². The number of hydrogen-bond acceptors (Lipinski definition) is 9. The Morgan fingerprint density at radius 2 is 1.66 bits per heavy atom. The zero-order chi connectivity index (χ0) is 43.1. The van der Waals surface area contributed by atoms with Crippen molar-refractivity contribution in [3.63, 3.8) is 0 Å². The Bertz CT molecular complexity index is 2230. The van der Waals surface area contributed by atoms with Gasteiger partial charge >= 0.3 is 0 Å². The summed E-state index contributed by atoms with van der Waals surface area (Å²) >= 11 is 0. The van der Waals surface area contributed by atoms with E-state index in [4.69, 9.17) is 28.9 Å². The number of unbranched alkanes of at least 4 members (excludes halogenated alkanes) is 2. The lowest BCUT2D eigenvalue weighted by atomic mass is 9.55. The molecule has 10 nitrogen and oxygen atoms in total. The van der Waals surface area contributed by atoms with Crippen molar-refractivity contribution in [1.29, 1.82) is 0 Å². The van der Waals surface area contributed by atoms with Crippen molar-refractivity contribution in [2.45, 2.75) is 95.5 Å². The Balaban J connectivity index is 1.40. The van der Waals surface area contributed by atoms with E-state index >= 15 is 0 Å².